The molecule has 0 aromatic heterocycles. The largest absolute Gasteiger partial charge is 3.00 e. The first-order valence-electron chi connectivity index (χ1n) is 8.87. The maximum Gasteiger partial charge on any atom is 3.00 e. The van der Waals surface area contributed by atoms with Crippen LogP contribution < -0.4 is 15.3 Å². The van der Waals surface area contributed by atoms with E-state index in [2.05, 4.69) is 0 Å². The Morgan fingerprint density at radius 1 is 0.571 bits per heavy atom. The monoisotopic (exact) mass is 446 g/mol. The Morgan fingerprint density at radius 3 is 0.750 bits per heavy atom. The van der Waals surface area contributed by atoms with Gasteiger partial charge in [-0.15, -0.1) is 0 Å². The van der Waals surface area contributed by atoms with Gasteiger partial charge >= 0.3 is 16.8 Å². The van der Waals surface area contributed by atoms with Gasteiger partial charge in [-0.25, -0.2) is 0 Å². The molecule has 3 atom stereocenters. The van der Waals surface area contributed by atoms with E-state index in [-0.39, 0.29) is 34.5 Å². The fraction of sp³-hybridized carbons (Fsp3) is 0.833. The molecule has 0 fully saturated rings. The van der Waals surface area contributed by atoms with Crippen LogP contribution in [-0.2, 0) is 31.2 Å². The molecule has 0 radical (unpaired) electrons. The predicted molar refractivity (Wildman–Crippen MR) is 97.7 cm³/mol. The molecule has 28 heavy (non-hydrogen) atoms. The fourth-order valence-electron chi connectivity index (χ4n) is 1.70. The molecule has 9 nitrogen and oxygen atoms in total. The number of aliphatic carboxylic acids is 3. The van der Waals surface area contributed by atoms with E-state index in [0.717, 1.165) is 0 Å². The number of hydrogen-bond donors (Lipinski definition) is 0. The van der Waals surface area contributed by atoms with Crippen molar-refractivity contribution in [1.82, 2.24) is 0 Å². The zero-order valence-electron chi connectivity index (χ0n) is 17.4. The summed E-state index contributed by atoms with van der Waals surface area (Å²) in [7, 11) is 0. The molecule has 0 amide bonds. The number of carboxylic acid groups (broad SMARTS) is 3. The van der Waals surface area contributed by atoms with Gasteiger partial charge in [-0.2, -0.15) is 0 Å². The van der Waals surface area contributed by atoms with E-state index in [1.165, 1.54) is 0 Å². The number of nitrogens with one attached hydrogen (secondary N) is 3. The molecule has 0 spiro atoms. The summed E-state index contributed by atoms with van der Waals surface area (Å²) in [4.78, 5) is 29.8. The Morgan fingerprint density at radius 2 is 0.714 bits per heavy atom. The number of carbonyl (C=O) groups is 3. The zero-order chi connectivity index (χ0) is 22.3. The quantitative estimate of drug-likeness (QED) is 0.498. The zero-order valence-corrected chi connectivity index (χ0v) is 18.4. The summed E-state index contributed by atoms with van der Waals surface area (Å²) in [5.74, 6) is -3.06. The molecular weight excluding hydrogens is 413 g/mol. The van der Waals surface area contributed by atoms with Gasteiger partial charge < -0.3 is 46.9 Å². The molecule has 3 unspecified atom stereocenters. The Hall–Kier alpha value is -1.20. The van der Waals surface area contributed by atoms with Gasteiger partial charge in [-0.1, -0.05) is 78.9 Å². The van der Waals surface area contributed by atoms with Crippen LogP contribution >= 0.6 is 0 Å². The third-order valence-electron chi connectivity index (χ3n) is 2.97. The van der Waals surface area contributed by atoms with Crippen LogP contribution in [0.1, 0.15) is 60.8 Å². The third-order valence-corrected chi connectivity index (χ3v) is 2.97. The van der Waals surface area contributed by atoms with Crippen LogP contribution in [0.2, 0.25) is 0 Å². The molecule has 10 heteroatoms. The fourth-order valence-corrected chi connectivity index (χ4v) is 1.70. The average molecular weight is 446 g/mol. The van der Waals surface area contributed by atoms with Gasteiger partial charge in [0.1, 0.15) is 0 Å². The van der Waals surface area contributed by atoms with Crippen molar-refractivity contribution in [2.75, 3.05) is 0 Å². The minimum Gasteiger partial charge on any atom is -0.670 e. The summed E-state index contributed by atoms with van der Waals surface area (Å²) in [5, 5.41) is 29.8. The number of rotatable bonds is 9. The minimum absolute atomic E-state index is 0. The molecule has 168 valence electrons. The maximum atomic E-state index is 9.94. The van der Waals surface area contributed by atoms with E-state index >= 15 is 0 Å². The summed E-state index contributed by atoms with van der Waals surface area (Å²) < 4.78 is 0. The first-order valence-corrected chi connectivity index (χ1v) is 8.87. The van der Waals surface area contributed by atoms with Crippen molar-refractivity contribution in [3.63, 3.8) is 0 Å². The second-order valence-corrected chi connectivity index (χ2v) is 7.50. The van der Waals surface area contributed by atoms with Gasteiger partial charge in [-0.3, -0.25) is 0 Å². The predicted octanol–water partition coefficient (Wildman–Crippen LogP) is 0.607. The molecule has 0 bridgehead atoms. The molecule has 0 saturated heterocycles. The first-order chi connectivity index (χ1) is 12.1. The van der Waals surface area contributed by atoms with Gasteiger partial charge in [-0.05, 0) is 17.8 Å². The topological polar surface area (TPSA) is 192 Å². The standard InChI is InChI=1S/3C6H12NO2.Co/c3*1-4(2)3-5(7)6(8)9;/h3*4-5,7H,3H2,1-2H3,(H,8,9);/q3*-1;+3/p-3. The van der Waals surface area contributed by atoms with Gasteiger partial charge in [0, 0.05) is 17.9 Å². The molecule has 0 aliphatic rings. The summed E-state index contributed by atoms with van der Waals surface area (Å²) in [5.41, 5.74) is 20.7. The van der Waals surface area contributed by atoms with E-state index in [1.54, 1.807) is 0 Å². The second-order valence-electron chi connectivity index (χ2n) is 7.50. The van der Waals surface area contributed by atoms with Crippen LogP contribution in [0.15, 0.2) is 0 Å². The molecule has 0 rings (SSSR count). The number of hydrogen-bond acceptors (Lipinski definition) is 6. The van der Waals surface area contributed by atoms with Crippen molar-refractivity contribution in [1.29, 1.82) is 0 Å². The molecule has 0 aromatic carbocycles. The van der Waals surface area contributed by atoms with Gasteiger partial charge in [0.2, 0.25) is 0 Å². The summed E-state index contributed by atoms with van der Waals surface area (Å²) in [6.45, 7) is 11.3. The molecule has 0 aromatic rings. The maximum absolute atomic E-state index is 9.94. The van der Waals surface area contributed by atoms with Crippen molar-refractivity contribution in [3.05, 3.63) is 17.2 Å². The van der Waals surface area contributed by atoms with E-state index in [0.29, 0.717) is 19.3 Å². The normalized spacial score (nSPS) is 13.3. The Bertz CT molecular complexity index is 372. The molecule has 0 aliphatic heterocycles. The Balaban J connectivity index is -0.000000152. The Kier molecular flexibility index (Phi) is 23.4. The first kappa shape index (κ1) is 34.3. The van der Waals surface area contributed by atoms with Crippen LogP contribution in [0.4, 0.5) is 0 Å². The van der Waals surface area contributed by atoms with Crippen molar-refractivity contribution in [2.24, 2.45) is 17.8 Å². The van der Waals surface area contributed by atoms with Gasteiger partial charge in [0.15, 0.2) is 0 Å². The van der Waals surface area contributed by atoms with Crippen LogP contribution in [0.25, 0.3) is 17.2 Å². The van der Waals surface area contributed by atoms with E-state index in [1.807, 2.05) is 41.5 Å². The van der Waals surface area contributed by atoms with Crippen LogP contribution in [0.5, 0.6) is 0 Å². The van der Waals surface area contributed by atoms with Crippen LogP contribution in [-0.4, -0.2) is 36.0 Å². The van der Waals surface area contributed by atoms with Crippen LogP contribution in [0, 0.1) is 17.8 Å². The molecule has 3 N–H and O–H groups in total. The molecule has 0 heterocycles. The van der Waals surface area contributed by atoms with Crippen molar-refractivity contribution < 1.29 is 46.5 Å². The average Bonchev–Trinajstić information content (AvgIpc) is 2.46. The van der Waals surface area contributed by atoms with E-state index in [4.69, 9.17) is 17.2 Å². The summed E-state index contributed by atoms with van der Waals surface area (Å²) in [6.07, 6.45) is 1.13. The van der Waals surface area contributed by atoms with Crippen molar-refractivity contribution in [3.8, 4) is 0 Å². The van der Waals surface area contributed by atoms with Gasteiger partial charge in [0.25, 0.3) is 0 Å². The van der Waals surface area contributed by atoms with E-state index in [9.17, 15) is 29.7 Å². The third kappa shape index (κ3) is 27.0. The summed E-state index contributed by atoms with van der Waals surface area (Å²) in [6, 6.07) is -3.15. The number of carbonyl (C=O) groups excluding carboxylic acids is 3. The van der Waals surface area contributed by atoms with Crippen LogP contribution in [0.3, 0.4) is 0 Å². The smallest absolute Gasteiger partial charge is 0.670 e. The SMILES string of the molecule is CC(C)CC([NH-])C(=O)[O-].CC(C)CC([NH-])C(=O)[O-].CC(C)CC([NH-])C(=O)[O-].[Co+3]. The summed E-state index contributed by atoms with van der Waals surface area (Å²) >= 11 is 0. The minimum atomic E-state index is -1.27. The van der Waals surface area contributed by atoms with Crippen molar-refractivity contribution in [2.45, 2.75) is 78.9 Å². The second kappa shape index (κ2) is 19.1. The molecule has 0 saturated carbocycles. The Labute approximate surface area is 178 Å². The molecular formula is C18H33CoN3O6-3. The number of carboxylic acids is 3. The van der Waals surface area contributed by atoms with E-state index < -0.39 is 36.0 Å². The molecule has 0 aliphatic carbocycles. The van der Waals surface area contributed by atoms with Gasteiger partial charge in [0.05, 0.1) is 0 Å². The van der Waals surface area contributed by atoms with Crippen molar-refractivity contribution >= 4 is 17.9 Å².